The van der Waals surface area contributed by atoms with E-state index in [0.717, 1.165) is 25.5 Å². The summed E-state index contributed by atoms with van der Waals surface area (Å²) < 4.78 is 7.33. The van der Waals surface area contributed by atoms with Gasteiger partial charge in [-0.2, -0.15) is 0 Å². The van der Waals surface area contributed by atoms with Crippen LogP contribution in [0.3, 0.4) is 0 Å². The van der Waals surface area contributed by atoms with Crippen molar-refractivity contribution in [3.63, 3.8) is 0 Å². The number of carbonyl (C=O) groups excluding carboxylic acids is 1. The van der Waals surface area contributed by atoms with Crippen LogP contribution in [0.25, 0.3) is 0 Å². The molecule has 6 nitrogen and oxygen atoms in total. The molecule has 2 heterocycles. The van der Waals surface area contributed by atoms with E-state index < -0.39 is 0 Å². The summed E-state index contributed by atoms with van der Waals surface area (Å²) in [7, 11) is 0. The van der Waals surface area contributed by atoms with Crippen molar-refractivity contribution in [1.82, 2.24) is 14.9 Å². The van der Waals surface area contributed by atoms with E-state index in [1.165, 1.54) is 0 Å². The summed E-state index contributed by atoms with van der Waals surface area (Å²) in [5.74, 6) is 0.634. The molecular weight excluding hydrogens is 232 g/mol. The zero-order valence-corrected chi connectivity index (χ0v) is 10.9. The van der Waals surface area contributed by atoms with Gasteiger partial charge in [0.1, 0.15) is 5.69 Å². The van der Waals surface area contributed by atoms with Crippen molar-refractivity contribution in [3.8, 4) is 0 Å². The highest BCUT2D eigenvalue weighted by Crippen LogP contribution is 2.13. The number of nitrogens with zero attached hydrogens (tertiary/aromatic N) is 2. The molecule has 100 valence electrons. The number of rotatable bonds is 5. The first-order valence-electron chi connectivity index (χ1n) is 6.41. The highest BCUT2D eigenvalue weighted by Gasteiger charge is 2.16. The molecule has 0 radical (unpaired) electrons. The summed E-state index contributed by atoms with van der Waals surface area (Å²) in [6, 6.07) is 0. The summed E-state index contributed by atoms with van der Waals surface area (Å²) in [4.78, 5) is 16.2. The number of nitrogens with one attached hydrogen (secondary N) is 2. The molecule has 2 rings (SSSR count). The van der Waals surface area contributed by atoms with Crippen molar-refractivity contribution >= 4 is 11.9 Å². The Morgan fingerprint density at radius 1 is 1.72 bits per heavy atom. The van der Waals surface area contributed by atoms with Gasteiger partial charge in [-0.3, -0.25) is 4.79 Å². The zero-order chi connectivity index (χ0) is 13.0. The Balaban J connectivity index is 1.90. The number of imidazole rings is 1. The Bertz CT molecular complexity index is 393. The van der Waals surface area contributed by atoms with Crippen LogP contribution in [0.15, 0.2) is 6.20 Å². The van der Waals surface area contributed by atoms with Crippen LogP contribution in [0.2, 0.25) is 0 Å². The second-order valence-corrected chi connectivity index (χ2v) is 4.40. The summed E-state index contributed by atoms with van der Waals surface area (Å²) in [6.07, 6.45) is 2.88. The van der Waals surface area contributed by atoms with Crippen LogP contribution >= 0.6 is 0 Å². The Kier molecular flexibility index (Phi) is 4.19. The largest absolute Gasteiger partial charge is 0.377 e. The first-order chi connectivity index (χ1) is 8.70. The first kappa shape index (κ1) is 12.9. The minimum absolute atomic E-state index is 0.0225. The second kappa shape index (κ2) is 5.86. The molecule has 1 unspecified atom stereocenters. The van der Waals surface area contributed by atoms with Crippen LogP contribution in [-0.2, 0) is 11.3 Å². The lowest BCUT2D eigenvalue weighted by molar-refractivity contribution is 0.0693. The summed E-state index contributed by atoms with van der Waals surface area (Å²) >= 11 is 0. The van der Waals surface area contributed by atoms with Crippen molar-refractivity contribution in [2.45, 2.75) is 32.9 Å². The third kappa shape index (κ3) is 3.01. The molecule has 0 bridgehead atoms. The molecule has 18 heavy (non-hydrogen) atoms. The number of hydrogen-bond donors (Lipinski definition) is 2. The maximum absolute atomic E-state index is 11.9. The quantitative estimate of drug-likeness (QED) is 0.815. The molecule has 1 aromatic rings. The lowest BCUT2D eigenvalue weighted by atomic mass is 10.3. The van der Waals surface area contributed by atoms with Gasteiger partial charge in [-0.25, -0.2) is 4.98 Å². The Morgan fingerprint density at radius 2 is 2.56 bits per heavy atom. The molecule has 1 atom stereocenters. The van der Waals surface area contributed by atoms with Gasteiger partial charge in [0.25, 0.3) is 5.91 Å². The van der Waals surface area contributed by atoms with E-state index in [9.17, 15) is 4.79 Å². The number of ether oxygens (including phenoxy) is 1. The summed E-state index contributed by atoms with van der Waals surface area (Å²) in [5, 5.41) is 6.00. The Morgan fingerprint density at radius 3 is 3.28 bits per heavy atom. The predicted molar refractivity (Wildman–Crippen MR) is 68.8 cm³/mol. The van der Waals surface area contributed by atoms with Crippen LogP contribution in [0.5, 0.6) is 0 Å². The summed E-state index contributed by atoms with van der Waals surface area (Å²) in [5.41, 5.74) is 0.461. The second-order valence-electron chi connectivity index (χ2n) is 4.40. The van der Waals surface area contributed by atoms with Crippen molar-refractivity contribution < 1.29 is 9.53 Å². The maximum Gasteiger partial charge on any atom is 0.271 e. The van der Waals surface area contributed by atoms with E-state index in [2.05, 4.69) is 15.6 Å². The molecule has 1 aliphatic rings. The van der Waals surface area contributed by atoms with Gasteiger partial charge in [0.15, 0.2) is 0 Å². The van der Waals surface area contributed by atoms with E-state index in [1.807, 2.05) is 18.4 Å². The number of amides is 1. The number of carbonyl (C=O) groups is 1. The highest BCUT2D eigenvalue weighted by molar-refractivity contribution is 5.92. The summed E-state index contributed by atoms with van der Waals surface area (Å²) in [6.45, 7) is 6.86. The van der Waals surface area contributed by atoms with Gasteiger partial charge >= 0.3 is 0 Å². The average Bonchev–Trinajstić information content (AvgIpc) is 2.80. The van der Waals surface area contributed by atoms with Crippen molar-refractivity contribution in [3.05, 3.63) is 11.9 Å². The van der Waals surface area contributed by atoms with Gasteiger partial charge in [-0.15, -0.1) is 0 Å². The highest BCUT2D eigenvalue weighted by atomic mass is 16.5. The molecule has 0 saturated carbocycles. The van der Waals surface area contributed by atoms with Crippen LogP contribution in [0.4, 0.5) is 5.95 Å². The number of aromatic nitrogens is 2. The normalized spacial score (nSPS) is 15.7. The van der Waals surface area contributed by atoms with E-state index in [1.54, 1.807) is 6.20 Å². The fraction of sp³-hybridized carbons (Fsp3) is 0.667. The lowest BCUT2D eigenvalue weighted by Gasteiger charge is -2.14. The molecule has 0 spiro atoms. The van der Waals surface area contributed by atoms with Crippen LogP contribution in [0, 0.1) is 0 Å². The smallest absolute Gasteiger partial charge is 0.271 e. The Hall–Kier alpha value is -1.56. The molecule has 1 amide bonds. The van der Waals surface area contributed by atoms with Crippen LogP contribution in [0.1, 0.15) is 30.8 Å². The number of aryl methyl sites for hydroxylation is 1. The monoisotopic (exact) mass is 252 g/mol. The van der Waals surface area contributed by atoms with Crippen LogP contribution in [-0.4, -0.2) is 41.3 Å². The minimum atomic E-state index is -0.148. The Labute approximate surface area is 107 Å². The number of fused-ring (bicyclic) bond motifs is 1. The van der Waals surface area contributed by atoms with Crippen molar-refractivity contribution in [2.24, 2.45) is 0 Å². The third-order valence-electron chi connectivity index (χ3n) is 2.87. The van der Waals surface area contributed by atoms with E-state index >= 15 is 0 Å². The third-order valence-corrected chi connectivity index (χ3v) is 2.87. The van der Waals surface area contributed by atoms with Gasteiger partial charge < -0.3 is 19.9 Å². The molecular formula is C12H20N4O2. The van der Waals surface area contributed by atoms with Crippen LogP contribution < -0.4 is 10.6 Å². The van der Waals surface area contributed by atoms with Gasteiger partial charge in [0.2, 0.25) is 5.95 Å². The molecule has 2 N–H and O–H groups in total. The average molecular weight is 252 g/mol. The maximum atomic E-state index is 11.9. The van der Waals surface area contributed by atoms with Gasteiger partial charge in [-0.05, 0) is 20.3 Å². The molecule has 1 aliphatic heterocycles. The molecule has 0 saturated heterocycles. The molecule has 1 aromatic heterocycles. The zero-order valence-electron chi connectivity index (χ0n) is 10.9. The molecule has 6 heteroatoms. The fourth-order valence-corrected chi connectivity index (χ4v) is 1.96. The van der Waals surface area contributed by atoms with Gasteiger partial charge in [0.05, 0.1) is 6.10 Å². The SMILES string of the molecule is CCOC(C)CNC(=O)c1cn2c(n1)NCCC2. The first-order valence-corrected chi connectivity index (χ1v) is 6.41. The van der Waals surface area contributed by atoms with Crippen molar-refractivity contribution in [2.75, 3.05) is 25.0 Å². The van der Waals surface area contributed by atoms with E-state index in [0.29, 0.717) is 18.8 Å². The van der Waals surface area contributed by atoms with E-state index in [-0.39, 0.29) is 12.0 Å². The molecule has 0 fully saturated rings. The number of anilines is 1. The van der Waals surface area contributed by atoms with E-state index in [4.69, 9.17) is 4.74 Å². The topological polar surface area (TPSA) is 68.2 Å². The minimum Gasteiger partial charge on any atom is -0.377 e. The fourth-order valence-electron chi connectivity index (χ4n) is 1.96. The molecule has 0 aliphatic carbocycles. The van der Waals surface area contributed by atoms with Gasteiger partial charge in [0, 0.05) is 32.4 Å². The number of hydrogen-bond acceptors (Lipinski definition) is 4. The molecule has 0 aromatic carbocycles. The van der Waals surface area contributed by atoms with Gasteiger partial charge in [-0.1, -0.05) is 0 Å². The predicted octanol–water partition coefficient (Wildman–Crippen LogP) is 0.853. The lowest BCUT2D eigenvalue weighted by Crippen LogP contribution is -2.32. The standard InChI is InChI=1S/C12H20N4O2/c1-3-18-9(2)7-14-11(17)10-8-16-6-4-5-13-12(16)15-10/h8-9H,3-7H2,1-2H3,(H,13,15)(H,14,17). The van der Waals surface area contributed by atoms with Crippen molar-refractivity contribution in [1.29, 1.82) is 0 Å².